The van der Waals surface area contributed by atoms with Gasteiger partial charge in [-0.2, -0.15) is 0 Å². The topological polar surface area (TPSA) is 111 Å². The van der Waals surface area contributed by atoms with Gasteiger partial charge in [0, 0.05) is 12.8 Å². The van der Waals surface area contributed by atoms with Crippen molar-refractivity contribution in [2.24, 2.45) is 0 Å². The summed E-state index contributed by atoms with van der Waals surface area (Å²) in [4.78, 5) is 37.4. The molecule has 0 amide bonds. The molecule has 0 aliphatic rings. The number of nitrogens with zero attached hydrogens (tertiary/aromatic N) is 1. The average Bonchev–Trinajstić information content (AvgIpc) is 3.07. The number of esters is 2. The van der Waals surface area contributed by atoms with Gasteiger partial charge in [0.1, 0.15) is 19.8 Å². The molecule has 0 spiro atoms. The van der Waals surface area contributed by atoms with E-state index < -0.39 is 26.5 Å². The lowest BCUT2D eigenvalue weighted by atomic mass is 10.0. The highest BCUT2D eigenvalue weighted by Gasteiger charge is 2.21. The number of allylic oxidation sites excluding steroid dienone is 2. The summed E-state index contributed by atoms with van der Waals surface area (Å²) < 4.78 is 33.8. The summed E-state index contributed by atoms with van der Waals surface area (Å²) in [7, 11) is 1.17. The number of ether oxygens (including phenoxy) is 2. The van der Waals surface area contributed by atoms with Crippen LogP contribution < -0.4 is 4.89 Å². The van der Waals surface area contributed by atoms with Crippen molar-refractivity contribution < 1.29 is 42.1 Å². The summed E-state index contributed by atoms with van der Waals surface area (Å²) in [5.74, 6) is -0.838. The fraction of sp³-hybridized carbons (Fsp3) is 0.902. The molecule has 0 radical (unpaired) electrons. The van der Waals surface area contributed by atoms with Gasteiger partial charge < -0.3 is 27.9 Å². The minimum absolute atomic E-state index is 0.0295. The van der Waals surface area contributed by atoms with Crippen molar-refractivity contribution in [3.05, 3.63) is 12.2 Å². The van der Waals surface area contributed by atoms with Crippen molar-refractivity contribution in [1.82, 2.24) is 0 Å². The molecule has 0 aromatic heterocycles. The lowest BCUT2D eigenvalue weighted by Crippen LogP contribution is -2.37. The van der Waals surface area contributed by atoms with E-state index in [0.29, 0.717) is 17.4 Å². The van der Waals surface area contributed by atoms with Gasteiger partial charge in [0.25, 0.3) is 7.82 Å². The van der Waals surface area contributed by atoms with Crippen LogP contribution in [0.3, 0.4) is 0 Å². The van der Waals surface area contributed by atoms with Crippen molar-refractivity contribution in [2.45, 2.75) is 193 Å². The Morgan fingerprint density at radius 3 is 1.47 bits per heavy atom. The molecule has 0 rings (SSSR count). The Morgan fingerprint density at radius 1 is 0.588 bits per heavy atom. The predicted molar refractivity (Wildman–Crippen MR) is 208 cm³/mol. The summed E-state index contributed by atoms with van der Waals surface area (Å²) >= 11 is 0. The third-order valence-corrected chi connectivity index (χ3v) is 10.00. The molecule has 9 nitrogen and oxygen atoms in total. The normalized spacial score (nSPS) is 13.8. The maximum Gasteiger partial charge on any atom is 0.306 e. The first kappa shape index (κ1) is 49.8. The van der Waals surface area contributed by atoms with E-state index in [4.69, 9.17) is 18.5 Å². The maximum atomic E-state index is 12.6. The number of unbranched alkanes of at least 4 members (excludes halogenated alkanes) is 22. The minimum Gasteiger partial charge on any atom is -0.756 e. The molecule has 0 aromatic rings. The Labute approximate surface area is 314 Å². The molecule has 0 aromatic carbocycles. The zero-order chi connectivity index (χ0) is 37.9. The van der Waals surface area contributed by atoms with Crippen LogP contribution in [0.25, 0.3) is 0 Å². The second-order valence-corrected chi connectivity index (χ2v) is 16.8. The molecule has 0 bridgehead atoms. The van der Waals surface area contributed by atoms with Gasteiger partial charge in [-0.25, -0.2) is 0 Å². The van der Waals surface area contributed by atoms with Crippen LogP contribution in [0.5, 0.6) is 0 Å². The Morgan fingerprint density at radius 2 is 1.00 bits per heavy atom. The van der Waals surface area contributed by atoms with Gasteiger partial charge in [-0.15, -0.1) is 0 Å². The van der Waals surface area contributed by atoms with E-state index in [2.05, 4.69) is 26.0 Å². The molecule has 0 saturated carbocycles. The molecular weight excluding hydrogens is 665 g/mol. The average molecular weight is 746 g/mol. The Balaban J connectivity index is 4.38. The third-order valence-electron chi connectivity index (χ3n) is 9.04. The van der Waals surface area contributed by atoms with E-state index in [9.17, 15) is 19.0 Å². The van der Waals surface area contributed by atoms with Gasteiger partial charge in [0.15, 0.2) is 6.10 Å². The molecule has 0 N–H and O–H groups in total. The smallest absolute Gasteiger partial charge is 0.306 e. The SMILES string of the molecule is CCCCCC/C=C\CCCCCCCC(=O)O[C@H](COC(=O)CCCCCCCCCCCCCCCC)COP(=O)([O-])OCC[N+](C)(C)C. The summed E-state index contributed by atoms with van der Waals surface area (Å²) in [6.07, 6.45) is 33.7. The number of carbonyl (C=O) groups is 2. The van der Waals surface area contributed by atoms with Crippen molar-refractivity contribution in [2.75, 3.05) is 47.5 Å². The van der Waals surface area contributed by atoms with Crippen molar-refractivity contribution in [1.29, 1.82) is 0 Å². The number of carbonyl (C=O) groups excluding carboxylic acids is 2. The molecule has 0 aliphatic heterocycles. The van der Waals surface area contributed by atoms with Gasteiger partial charge >= 0.3 is 11.9 Å². The summed E-state index contributed by atoms with van der Waals surface area (Å²) in [6.45, 7) is 4.21. The van der Waals surface area contributed by atoms with Crippen LogP contribution in [0.4, 0.5) is 0 Å². The number of rotatable bonds is 38. The Kier molecular flexibility index (Phi) is 33.7. The van der Waals surface area contributed by atoms with Crippen LogP contribution in [0.2, 0.25) is 0 Å². The van der Waals surface area contributed by atoms with Crippen molar-refractivity contribution in [3.63, 3.8) is 0 Å². The molecule has 0 fully saturated rings. The molecule has 0 saturated heterocycles. The lowest BCUT2D eigenvalue weighted by Gasteiger charge is -2.28. The van der Waals surface area contributed by atoms with Crippen LogP contribution in [-0.4, -0.2) is 70.0 Å². The predicted octanol–water partition coefficient (Wildman–Crippen LogP) is 10.8. The maximum absolute atomic E-state index is 12.6. The van der Waals surface area contributed by atoms with Crippen LogP contribution in [0.15, 0.2) is 12.2 Å². The van der Waals surface area contributed by atoms with E-state index in [-0.39, 0.29) is 32.0 Å². The summed E-state index contributed by atoms with van der Waals surface area (Å²) in [5, 5.41) is 0. The zero-order valence-corrected chi connectivity index (χ0v) is 34.7. The van der Waals surface area contributed by atoms with Gasteiger partial charge in [-0.05, 0) is 38.5 Å². The molecular formula is C41H80NO8P. The van der Waals surface area contributed by atoms with Crippen LogP contribution in [0.1, 0.15) is 187 Å². The first-order chi connectivity index (χ1) is 24.5. The fourth-order valence-corrected chi connectivity index (χ4v) is 6.44. The number of phosphoric ester groups is 1. The Bertz CT molecular complexity index is 891. The molecule has 0 aliphatic carbocycles. The van der Waals surface area contributed by atoms with E-state index >= 15 is 0 Å². The van der Waals surface area contributed by atoms with Gasteiger partial charge in [-0.3, -0.25) is 14.2 Å². The number of phosphoric acid groups is 1. The minimum atomic E-state index is -4.62. The molecule has 1 unspecified atom stereocenters. The van der Waals surface area contributed by atoms with Crippen molar-refractivity contribution in [3.8, 4) is 0 Å². The molecule has 302 valence electrons. The molecule has 2 atom stereocenters. The highest BCUT2D eigenvalue weighted by atomic mass is 31.2. The second-order valence-electron chi connectivity index (χ2n) is 15.4. The van der Waals surface area contributed by atoms with Gasteiger partial charge in [0.05, 0.1) is 27.7 Å². The first-order valence-corrected chi connectivity index (χ1v) is 22.4. The van der Waals surface area contributed by atoms with Crippen molar-refractivity contribution >= 4 is 19.8 Å². The standard InChI is InChI=1S/C41H80NO8P/c1-6-8-10-12-14-16-18-20-22-23-25-27-29-31-33-40(43)47-37-39(38-49-51(45,46)48-36-35-42(3,4)5)50-41(44)34-32-30-28-26-24-21-19-17-15-13-11-9-7-2/h17,19,39H,6-16,18,20-38H2,1-5H3/b19-17-/t39-/m1/s1. The Hall–Kier alpha value is -1.25. The largest absolute Gasteiger partial charge is 0.756 e. The third kappa shape index (κ3) is 38.3. The van der Waals surface area contributed by atoms with Gasteiger partial charge in [0.2, 0.25) is 0 Å². The summed E-state index contributed by atoms with van der Waals surface area (Å²) in [5.41, 5.74) is 0. The monoisotopic (exact) mass is 746 g/mol. The van der Waals surface area contributed by atoms with E-state index in [1.807, 2.05) is 21.1 Å². The number of likely N-dealkylation sites (N-methyl/N-ethyl adjacent to an activating group) is 1. The second kappa shape index (κ2) is 34.5. The molecule has 10 heteroatoms. The number of hydrogen-bond donors (Lipinski definition) is 0. The quantitative estimate of drug-likeness (QED) is 0.0202. The van der Waals surface area contributed by atoms with E-state index in [1.165, 1.54) is 103 Å². The number of quaternary nitrogens is 1. The van der Waals surface area contributed by atoms with Gasteiger partial charge in [-0.1, -0.05) is 148 Å². The zero-order valence-electron chi connectivity index (χ0n) is 33.8. The number of hydrogen-bond acceptors (Lipinski definition) is 8. The van der Waals surface area contributed by atoms with Crippen LogP contribution >= 0.6 is 7.82 Å². The fourth-order valence-electron chi connectivity index (χ4n) is 5.71. The van der Waals surface area contributed by atoms with Crippen LogP contribution in [0, 0.1) is 0 Å². The lowest BCUT2D eigenvalue weighted by molar-refractivity contribution is -0.870. The van der Waals surface area contributed by atoms with E-state index in [0.717, 1.165) is 51.4 Å². The molecule has 51 heavy (non-hydrogen) atoms. The highest BCUT2D eigenvalue weighted by molar-refractivity contribution is 7.45. The highest BCUT2D eigenvalue weighted by Crippen LogP contribution is 2.38. The molecule has 0 heterocycles. The van der Waals surface area contributed by atoms with E-state index in [1.54, 1.807) is 0 Å². The van der Waals surface area contributed by atoms with Crippen LogP contribution in [-0.2, 0) is 32.7 Å². The summed E-state index contributed by atoms with van der Waals surface area (Å²) in [6, 6.07) is 0. The first-order valence-electron chi connectivity index (χ1n) is 20.9.